The quantitative estimate of drug-likeness (QED) is 0.0222. The van der Waals surface area contributed by atoms with E-state index in [9.17, 15) is 43.2 Å². The van der Waals surface area contributed by atoms with Crippen molar-refractivity contribution in [3.8, 4) is 0 Å². The van der Waals surface area contributed by atoms with Gasteiger partial charge in [-0.15, -0.1) is 0 Å². The Morgan fingerprint density at radius 2 is 0.527 bits per heavy atom. The number of ether oxygens (including phenoxy) is 4. The van der Waals surface area contributed by atoms with E-state index in [2.05, 4.69) is 55.4 Å². The van der Waals surface area contributed by atoms with Gasteiger partial charge in [-0.25, -0.2) is 9.13 Å². The molecule has 0 rings (SSSR count). The van der Waals surface area contributed by atoms with Gasteiger partial charge in [0.05, 0.1) is 26.4 Å². The van der Waals surface area contributed by atoms with Crippen LogP contribution in [0.2, 0.25) is 0 Å². The largest absolute Gasteiger partial charge is 0.472 e. The molecule has 0 aliphatic heterocycles. The van der Waals surface area contributed by atoms with Gasteiger partial charge in [0.1, 0.15) is 19.3 Å². The van der Waals surface area contributed by atoms with Gasteiger partial charge in [0.15, 0.2) is 12.2 Å². The van der Waals surface area contributed by atoms with Gasteiger partial charge in [-0.2, -0.15) is 0 Å². The third-order valence-electron chi connectivity index (χ3n) is 17.3. The van der Waals surface area contributed by atoms with Crippen LogP contribution in [0.1, 0.15) is 357 Å². The molecule has 0 heterocycles. The van der Waals surface area contributed by atoms with Crippen molar-refractivity contribution in [3.05, 3.63) is 0 Å². The van der Waals surface area contributed by atoms with Crippen LogP contribution in [0.3, 0.4) is 0 Å². The predicted molar refractivity (Wildman–Crippen MR) is 367 cm³/mol. The van der Waals surface area contributed by atoms with Gasteiger partial charge in [-0.3, -0.25) is 37.3 Å². The predicted octanol–water partition coefficient (Wildman–Crippen LogP) is 20.5. The number of aliphatic hydroxyl groups excluding tert-OH is 1. The summed E-state index contributed by atoms with van der Waals surface area (Å²) in [6.07, 6.45) is 44.5. The van der Waals surface area contributed by atoms with Gasteiger partial charge in [0, 0.05) is 25.7 Å². The maximum atomic E-state index is 13.0. The van der Waals surface area contributed by atoms with E-state index >= 15 is 0 Å². The first-order valence-electron chi connectivity index (χ1n) is 37.3. The maximum Gasteiger partial charge on any atom is 0.472 e. The molecule has 0 amide bonds. The monoisotopic (exact) mass is 1340 g/mol. The van der Waals surface area contributed by atoms with Crippen LogP contribution >= 0.6 is 15.6 Å². The van der Waals surface area contributed by atoms with Crippen molar-refractivity contribution < 1.29 is 80.2 Å². The summed E-state index contributed by atoms with van der Waals surface area (Å²) in [6.45, 7) is 14.1. The summed E-state index contributed by atoms with van der Waals surface area (Å²) in [5, 5.41) is 10.6. The number of unbranched alkanes of at least 4 members (excludes halogenated alkanes) is 33. The highest BCUT2D eigenvalue weighted by Gasteiger charge is 2.30. The Kier molecular flexibility index (Phi) is 60.3. The lowest BCUT2D eigenvalue weighted by atomic mass is 9.99. The molecule has 540 valence electrons. The summed E-state index contributed by atoms with van der Waals surface area (Å²) in [7, 11) is -9.90. The molecule has 0 aliphatic carbocycles. The first-order valence-corrected chi connectivity index (χ1v) is 40.3. The highest BCUT2D eigenvalue weighted by molar-refractivity contribution is 7.47. The summed E-state index contributed by atoms with van der Waals surface area (Å²) < 4.78 is 68.3. The summed E-state index contributed by atoms with van der Waals surface area (Å²) in [4.78, 5) is 72.6. The van der Waals surface area contributed by atoms with Gasteiger partial charge < -0.3 is 33.8 Å². The average Bonchev–Trinajstić information content (AvgIpc) is 3.08. The van der Waals surface area contributed by atoms with E-state index in [0.29, 0.717) is 37.5 Å². The maximum absolute atomic E-state index is 13.0. The highest BCUT2D eigenvalue weighted by atomic mass is 31.2. The molecular formula is C72H140O17P2. The number of carbonyl (C=O) groups is 4. The molecule has 7 atom stereocenters. The molecule has 0 aromatic carbocycles. The van der Waals surface area contributed by atoms with E-state index < -0.39 is 97.5 Å². The fraction of sp³-hybridized carbons (Fsp3) is 0.944. The molecule has 0 radical (unpaired) electrons. The molecule has 19 heteroatoms. The van der Waals surface area contributed by atoms with Gasteiger partial charge in [-0.05, 0) is 49.4 Å². The lowest BCUT2D eigenvalue weighted by Crippen LogP contribution is -2.30. The fourth-order valence-corrected chi connectivity index (χ4v) is 12.4. The van der Waals surface area contributed by atoms with Crippen LogP contribution in [0.15, 0.2) is 0 Å². The van der Waals surface area contributed by atoms with Crippen LogP contribution in [0.5, 0.6) is 0 Å². The number of phosphoric acid groups is 2. The Labute approximate surface area is 556 Å². The van der Waals surface area contributed by atoms with Crippen molar-refractivity contribution >= 4 is 39.5 Å². The van der Waals surface area contributed by atoms with E-state index in [1.807, 2.05) is 0 Å². The van der Waals surface area contributed by atoms with Gasteiger partial charge in [0.25, 0.3) is 0 Å². The number of carbonyl (C=O) groups excluding carboxylic acids is 4. The van der Waals surface area contributed by atoms with Gasteiger partial charge in [0.2, 0.25) is 0 Å². The number of esters is 4. The molecule has 0 saturated carbocycles. The highest BCUT2D eigenvalue weighted by Crippen LogP contribution is 2.45. The molecular weight excluding hydrogens is 1200 g/mol. The van der Waals surface area contributed by atoms with Crippen LogP contribution in [-0.4, -0.2) is 96.7 Å². The molecule has 91 heavy (non-hydrogen) atoms. The van der Waals surface area contributed by atoms with Crippen molar-refractivity contribution in [2.75, 3.05) is 39.6 Å². The lowest BCUT2D eigenvalue weighted by Gasteiger charge is -2.21. The van der Waals surface area contributed by atoms with E-state index in [4.69, 9.17) is 37.0 Å². The number of hydrogen-bond acceptors (Lipinski definition) is 15. The molecule has 0 aliphatic rings. The Bertz CT molecular complexity index is 1800. The zero-order chi connectivity index (χ0) is 67.5. The molecule has 3 N–H and O–H groups in total. The van der Waals surface area contributed by atoms with Gasteiger partial charge >= 0.3 is 39.5 Å². The van der Waals surface area contributed by atoms with Crippen LogP contribution in [0.25, 0.3) is 0 Å². The standard InChI is InChI=1S/C72H140O17P2/c1-9-64(7)50-42-34-25-19-15-13-11-12-14-16-21-27-38-46-54-71(76)88-67(58-82-69(74)52-44-36-29-23-24-32-40-48-62(3)4)60-86-90(78,79)84-56-66(73)57-85-91(80,81)87-61-68(59-83-70(75)53-45-37-31-30-33-41-49-63(5)6)89-72(77)55-47-39-28-22-18-17-20-26-35-43-51-65(8)10-2/h62-68,73H,9-61H2,1-8H3,(H,78,79)(H,80,81)/t64?,65?,66?,67-,68-/m1/s1. The third kappa shape index (κ3) is 63.9. The Hall–Kier alpha value is -1.94. The van der Waals surface area contributed by atoms with Crippen molar-refractivity contribution in [3.63, 3.8) is 0 Å². The minimum Gasteiger partial charge on any atom is -0.462 e. The normalized spacial score (nSPS) is 14.8. The fourth-order valence-electron chi connectivity index (χ4n) is 10.8. The summed E-state index contributed by atoms with van der Waals surface area (Å²) >= 11 is 0. The summed E-state index contributed by atoms with van der Waals surface area (Å²) in [5.74, 6) is 0.904. The zero-order valence-electron chi connectivity index (χ0n) is 59.5. The van der Waals surface area contributed by atoms with Crippen molar-refractivity contribution in [2.24, 2.45) is 23.7 Å². The molecule has 0 aromatic heterocycles. The molecule has 0 spiro atoms. The summed E-state index contributed by atoms with van der Waals surface area (Å²) in [6, 6.07) is 0. The van der Waals surface area contributed by atoms with Crippen molar-refractivity contribution in [2.45, 2.75) is 375 Å². The second-order valence-corrected chi connectivity index (χ2v) is 30.3. The molecule has 0 aromatic rings. The number of rotatable bonds is 69. The van der Waals surface area contributed by atoms with Crippen LogP contribution < -0.4 is 0 Å². The minimum absolute atomic E-state index is 0.105. The first-order chi connectivity index (χ1) is 43.7. The van der Waals surface area contributed by atoms with E-state index in [1.54, 1.807) is 0 Å². The van der Waals surface area contributed by atoms with Crippen molar-refractivity contribution in [1.82, 2.24) is 0 Å². The molecule has 5 unspecified atom stereocenters. The Morgan fingerprint density at radius 1 is 0.308 bits per heavy atom. The molecule has 17 nitrogen and oxygen atoms in total. The molecule has 0 saturated heterocycles. The average molecular weight is 1340 g/mol. The van der Waals surface area contributed by atoms with Crippen LogP contribution in [0, 0.1) is 23.7 Å². The molecule has 0 fully saturated rings. The summed E-state index contributed by atoms with van der Waals surface area (Å²) in [5.41, 5.74) is 0. The zero-order valence-corrected chi connectivity index (χ0v) is 61.3. The first kappa shape index (κ1) is 89.1. The SMILES string of the molecule is CCC(C)CCCCCCCCCCCCCCCCC(=O)O[C@H](COC(=O)CCCCCCCCCC(C)C)COP(=O)(O)OCC(O)COP(=O)(O)OC[C@@H](COC(=O)CCCCCCCCC(C)C)OC(=O)CCCCCCCCCCCCC(C)CC. The lowest BCUT2D eigenvalue weighted by molar-refractivity contribution is -0.161. The smallest absolute Gasteiger partial charge is 0.462 e. The minimum atomic E-state index is -4.95. The number of aliphatic hydroxyl groups is 1. The second-order valence-electron chi connectivity index (χ2n) is 27.4. The van der Waals surface area contributed by atoms with E-state index in [0.717, 1.165) is 115 Å². The number of phosphoric ester groups is 2. The van der Waals surface area contributed by atoms with Crippen LogP contribution in [0.4, 0.5) is 0 Å². The third-order valence-corrected chi connectivity index (χ3v) is 19.2. The number of hydrogen-bond donors (Lipinski definition) is 3. The topological polar surface area (TPSA) is 237 Å². The van der Waals surface area contributed by atoms with E-state index in [1.165, 1.54) is 148 Å². The Morgan fingerprint density at radius 3 is 0.780 bits per heavy atom. The van der Waals surface area contributed by atoms with E-state index in [-0.39, 0.29) is 25.7 Å². The second kappa shape index (κ2) is 61.6. The van der Waals surface area contributed by atoms with Gasteiger partial charge in [-0.1, -0.05) is 306 Å². The van der Waals surface area contributed by atoms with Crippen LogP contribution in [-0.2, 0) is 65.4 Å². The Balaban J connectivity index is 5.22. The molecule has 0 bridgehead atoms. The van der Waals surface area contributed by atoms with Crippen molar-refractivity contribution in [1.29, 1.82) is 0 Å².